The van der Waals surface area contributed by atoms with Gasteiger partial charge in [-0.25, -0.2) is 13.1 Å². The number of para-hydroxylation sites is 1. The molecule has 1 aromatic rings. The molecule has 4 N–H and O–H groups in total. The Morgan fingerprint density at radius 1 is 1.33 bits per heavy atom. The van der Waals surface area contributed by atoms with Crippen molar-refractivity contribution in [3.63, 3.8) is 0 Å². The van der Waals surface area contributed by atoms with Gasteiger partial charge >= 0.3 is 0 Å². The van der Waals surface area contributed by atoms with Gasteiger partial charge in [0.1, 0.15) is 4.90 Å². The lowest BCUT2D eigenvalue weighted by atomic mass is 10.3. The van der Waals surface area contributed by atoms with Gasteiger partial charge in [-0.2, -0.15) is 0 Å². The molecule has 18 heavy (non-hydrogen) atoms. The third-order valence-electron chi connectivity index (χ3n) is 2.66. The number of nitrogen functional groups attached to an aromatic ring is 1. The Morgan fingerprint density at radius 3 is 2.61 bits per heavy atom. The first-order chi connectivity index (χ1) is 8.51. The van der Waals surface area contributed by atoms with Gasteiger partial charge in [-0.1, -0.05) is 19.1 Å². The summed E-state index contributed by atoms with van der Waals surface area (Å²) in [5, 5.41) is 0. The van der Waals surface area contributed by atoms with Crippen LogP contribution in [0.25, 0.3) is 0 Å². The van der Waals surface area contributed by atoms with Gasteiger partial charge in [-0.05, 0) is 25.7 Å². The maximum Gasteiger partial charge on any atom is 0.242 e. The fourth-order valence-electron chi connectivity index (χ4n) is 1.43. The topological polar surface area (TPSA) is 87.5 Å². The second-order valence-corrected chi connectivity index (χ2v) is 5.67. The van der Waals surface area contributed by atoms with E-state index in [1.807, 2.05) is 18.9 Å². The molecule has 0 amide bonds. The number of hydrogen-bond donors (Lipinski definition) is 3. The minimum atomic E-state index is -3.53. The van der Waals surface area contributed by atoms with Crippen molar-refractivity contribution in [2.24, 2.45) is 5.84 Å². The van der Waals surface area contributed by atoms with Crippen LogP contribution >= 0.6 is 0 Å². The average Bonchev–Trinajstić information content (AvgIpc) is 2.38. The van der Waals surface area contributed by atoms with Crippen molar-refractivity contribution < 1.29 is 8.42 Å². The van der Waals surface area contributed by atoms with Crippen LogP contribution in [0.3, 0.4) is 0 Å². The Labute approximate surface area is 108 Å². The van der Waals surface area contributed by atoms with Gasteiger partial charge in [0.2, 0.25) is 10.0 Å². The zero-order valence-electron chi connectivity index (χ0n) is 10.7. The van der Waals surface area contributed by atoms with Crippen LogP contribution in [0.4, 0.5) is 5.69 Å². The first-order valence-corrected chi connectivity index (χ1v) is 7.23. The number of anilines is 1. The lowest BCUT2D eigenvalue weighted by molar-refractivity contribution is 0.358. The number of rotatable bonds is 7. The molecule has 1 rings (SSSR count). The number of nitrogens with one attached hydrogen (secondary N) is 2. The minimum Gasteiger partial charge on any atom is -0.323 e. The van der Waals surface area contributed by atoms with E-state index >= 15 is 0 Å². The van der Waals surface area contributed by atoms with E-state index in [0.29, 0.717) is 18.8 Å². The van der Waals surface area contributed by atoms with E-state index in [0.717, 1.165) is 6.54 Å². The first-order valence-electron chi connectivity index (χ1n) is 5.75. The van der Waals surface area contributed by atoms with Crippen LogP contribution in [0, 0.1) is 0 Å². The Kier molecular flexibility index (Phi) is 5.54. The van der Waals surface area contributed by atoms with Crippen molar-refractivity contribution in [3.8, 4) is 0 Å². The fourth-order valence-corrected chi connectivity index (χ4v) is 2.62. The van der Waals surface area contributed by atoms with Gasteiger partial charge in [-0.3, -0.25) is 5.84 Å². The zero-order valence-corrected chi connectivity index (χ0v) is 11.5. The Bertz CT molecular complexity index is 476. The number of hydrogen-bond acceptors (Lipinski definition) is 5. The maximum atomic E-state index is 12.1. The monoisotopic (exact) mass is 272 g/mol. The molecular weight excluding hydrogens is 252 g/mol. The summed E-state index contributed by atoms with van der Waals surface area (Å²) in [7, 11) is -1.59. The molecular formula is C11H20N4O2S. The molecule has 0 fully saturated rings. The van der Waals surface area contributed by atoms with Gasteiger partial charge < -0.3 is 10.3 Å². The fraction of sp³-hybridized carbons (Fsp3) is 0.455. The van der Waals surface area contributed by atoms with Crippen LogP contribution in [0.15, 0.2) is 29.2 Å². The van der Waals surface area contributed by atoms with Crippen LogP contribution < -0.4 is 16.0 Å². The highest BCUT2D eigenvalue weighted by molar-refractivity contribution is 7.89. The number of nitrogens with zero attached hydrogens (tertiary/aromatic N) is 1. The first kappa shape index (κ1) is 14.9. The average molecular weight is 272 g/mol. The van der Waals surface area contributed by atoms with E-state index < -0.39 is 10.0 Å². The summed E-state index contributed by atoms with van der Waals surface area (Å²) in [5.74, 6) is 5.30. The second kappa shape index (κ2) is 6.69. The van der Waals surface area contributed by atoms with E-state index in [9.17, 15) is 8.42 Å². The predicted octanol–water partition coefficient (Wildman–Crippen LogP) is 0.202. The van der Waals surface area contributed by atoms with Gasteiger partial charge in [0, 0.05) is 13.1 Å². The molecule has 0 atom stereocenters. The van der Waals surface area contributed by atoms with Crippen molar-refractivity contribution in [1.82, 2.24) is 9.62 Å². The molecule has 102 valence electrons. The summed E-state index contributed by atoms with van der Waals surface area (Å²) in [6, 6.07) is 6.51. The zero-order chi connectivity index (χ0) is 13.6. The smallest absolute Gasteiger partial charge is 0.242 e. The normalized spacial score (nSPS) is 11.8. The van der Waals surface area contributed by atoms with Crippen molar-refractivity contribution in [1.29, 1.82) is 0 Å². The highest BCUT2D eigenvalue weighted by Crippen LogP contribution is 2.18. The van der Waals surface area contributed by atoms with Crippen LogP contribution in [0.5, 0.6) is 0 Å². The second-order valence-electron chi connectivity index (χ2n) is 3.93. The summed E-state index contributed by atoms with van der Waals surface area (Å²) < 4.78 is 26.7. The Morgan fingerprint density at radius 2 is 2.00 bits per heavy atom. The highest BCUT2D eigenvalue weighted by Gasteiger charge is 2.17. The quantitative estimate of drug-likeness (QED) is 0.487. The molecule has 0 aliphatic carbocycles. The number of likely N-dealkylation sites (N-methyl/N-ethyl adjacent to an activating group) is 1. The van der Waals surface area contributed by atoms with Gasteiger partial charge in [0.15, 0.2) is 0 Å². The molecule has 0 spiro atoms. The van der Waals surface area contributed by atoms with Gasteiger partial charge in [0.05, 0.1) is 5.69 Å². The number of nitrogens with two attached hydrogens (primary N) is 1. The van der Waals surface area contributed by atoms with Gasteiger partial charge in [-0.15, -0.1) is 0 Å². The van der Waals surface area contributed by atoms with Crippen LogP contribution in [0.2, 0.25) is 0 Å². The molecule has 0 saturated carbocycles. The molecule has 0 aliphatic rings. The number of sulfonamides is 1. The number of hydrazine groups is 1. The van der Waals surface area contributed by atoms with Crippen molar-refractivity contribution in [2.75, 3.05) is 32.1 Å². The third-order valence-corrected chi connectivity index (χ3v) is 4.18. The molecule has 1 aromatic carbocycles. The standard InChI is InChI=1S/C11H20N4O2S/c1-3-15(2)9-8-13-18(16,17)11-7-5-4-6-10(11)14-12/h4-7,13-14H,3,8-9,12H2,1-2H3. The SMILES string of the molecule is CCN(C)CCNS(=O)(=O)c1ccccc1NN. The molecule has 6 nitrogen and oxygen atoms in total. The van der Waals surface area contributed by atoms with Crippen LogP contribution in [-0.4, -0.2) is 40.0 Å². The molecule has 0 bridgehead atoms. The van der Waals surface area contributed by atoms with Gasteiger partial charge in [0.25, 0.3) is 0 Å². The largest absolute Gasteiger partial charge is 0.323 e. The van der Waals surface area contributed by atoms with Crippen molar-refractivity contribution >= 4 is 15.7 Å². The third kappa shape index (κ3) is 3.95. The minimum absolute atomic E-state index is 0.159. The molecule has 0 aromatic heterocycles. The summed E-state index contributed by atoms with van der Waals surface area (Å²) >= 11 is 0. The number of benzene rings is 1. The molecule has 0 heterocycles. The Balaban J connectivity index is 2.74. The molecule has 0 unspecified atom stereocenters. The van der Waals surface area contributed by atoms with Crippen LogP contribution in [-0.2, 0) is 10.0 Å². The lowest BCUT2D eigenvalue weighted by Gasteiger charge is -2.15. The molecule has 0 radical (unpaired) electrons. The summed E-state index contributed by atoms with van der Waals surface area (Å²) in [5.41, 5.74) is 2.77. The Hall–Kier alpha value is -1.15. The molecule has 7 heteroatoms. The highest BCUT2D eigenvalue weighted by atomic mass is 32.2. The van der Waals surface area contributed by atoms with E-state index in [1.54, 1.807) is 18.2 Å². The summed E-state index contributed by atoms with van der Waals surface area (Å²) in [6.07, 6.45) is 0. The van der Waals surface area contributed by atoms with E-state index in [4.69, 9.17) is 5.84 Å². The van der Waals surface area contributed by atoms with Crippen molar-refractivity contribution in [3.05, 3.63) is 24.3 Å². The van der Waals surface area contributed by atoms with E-state index in [2.05, 4.69) is 10.1 Å². The summed E-state index contributed by atoms with van der Waals surface area (Å²) in [4.78, 5) is 2.18. The van der Waals surface area contributed by atoms with Crippen molar-refractivity contribution in [2.45, 2.75) is 11.8 Å². The lowest BCUT2D eigenvalue weighted by Crippen LogP contribution is -2.33. The molecule has 0 saturated heterocycles. The predicted molar refractivity (Wildman–Crippen MR) is 72.6 cm³/mol. The van der Waals surface area contributed by atoms with E-state index in [-0.39, 0.29) is 4.90 Å². The van der Waals surface area contributed by atoms with Crippen LogP contribution in [0.1, 0.15) is 6.92 Å². The molecule has 0 aliphatic heterocycles. The summed E-state index contributed by atoms with van der Waals surface area (Å²) in [6.45, 7) is 3.92. The van der Waals surface area contributed by atoms with E-state index in [1.165, 1.54) is 6.07 Å². The maximum absolute atomic E-state index is 12.1.